The van der Waals surface area contributed by atoms with Gasteiger partial charge < -0.3 is 10.5 Å². The molecule has 0 saturated heterocycles. The van der Waals surface area contributed by atoms with Crippen molar-refractivity contribution in [1.29, 1.82) is 0 Å². The van der Waals surface area contributed by atoms with Crippen LogP contribution in [0.3, 0.4) is 0 Å². The molecule has 58 valence electrons. The van der Waals surface area contributed by atoms with Crippen LogP contribution in [0.15, 0.2) is 0 Å². The smallest absolute Gasteiger partial charge is 0.405 e. The second-order valence-electron chi connectivity index (χ2n) is 3.14. The summed E-state index contributed by atoms with van der Waals surface area (Å²) in [5, 5.41) is 0. The molecule has 1 aliphatic carbocycles. The Bertz CT molecular complexity index is 150. The van der Waals surface area contributed by atoms with Gasteiger partial charge in [0.1, 0.15) is 5.60 Å². The largest absolute Gasteiger partial charge is 0.443 e. The third-order valence-electron chi connectivity index (χ3n) is 2.10. The Morgan fingerprint density at radius 3 is 2.20 bits per heavy atom. The standard InChI is InChI=1S/C7H13NO2/c1-5(2)7(3-4-7)10-6(8)9/h5H,3-4H2,1-2H3,(H2,8,9). The molecule has 1 fully saturated rings. The Morgan fingerprint density at radius 1 is 1.60 bits per heavy atom. The molecule has 1 rings (SSSR count). The van der Waals surface area contributed by atoms with E-state index < -0.39 is 6.09 Å². The third-order valence-corrected chi connectivity index (χ3v) is 2.10. The van der Waals surface area contributed by atoms with Crippen molar-refractivity contribution in [2.45, 2.75) is 32.3 Å². The van der Waals surface area contributed by atoms with Crippen LogP contribution in [0.1, 0.15) is 26.7 Å². The van der Waals surface area contributed by atoms with Crippen LogP contribution in [0.25, 0.3) is 0 Å². The van der Waals surface area contributed by atoms with E-state index in [2.05, 4.69) is 0 Å². The number of rotatable bonds is 2. The number of amides is 1. The Balaban J connectivity index is 2.45. The number of hydrogen-bond acceptors (Lipinski definition) is 2. The topological polar surface area (TPSA) is 52.3 Å². The van der Waals surface area contributed by atoms with E-state index in [9.17, 15) is 4.79 Å². The van der Waals surface area contributed by atoms with Gasteiger partial charge in [-0.1, -0.05) is 13.8 Å². The zero-order valence-corrected chi connectivity index (χ0v) is 6.39. The van der Waals surface area contributed by atoms with Gasteiger partial charge in [0.25, 0.3) is 0 Å². The fourth-order valence-corrected chi connectivity index (χ4v) is 1.12. The van der Waals surface area contributed by atoms with Crippen LogP contribution < -0.4 is 5.73 Å². The van der Waals surface area contributed by atoms with Crippen LogP contribution in [0, 0.1) is 5.92 Å². The van der Waals surface area contributed by atoms with Gasteiger partial charge in [-0.3, -0.25) is 0 Å². The summed E-state index contributed by atoms with van der Waals surface area (Å²) in [6, 6.07) is 0. The summed E-state index contributed by atoms with van der Waals surface area (Å²) in [6.07, 6.45) is 1.28. The first-order valence-corrected chi connectivity index (χ1v) is 3.55. The van der Waals surface area contributed by atoms with Crippen LogP contribution in [0.5, 0.6) is 0 Å². The van der Waals surface area contributed by atoms with Crippen molar-refractivity contribution in [3.8, 4) is 0 Å². The molecule has 0 radical (unpaired) electrons. The first kappa shape index (κ1) is 7.38. The number of ether oxygens (including phenoxy) is 1. The molecule has 1 amide bonds. The fourth-order valence-electron chi connectivity index (χ4n) is 1.12. The summed E-state index contributed by atoms with van der Waals surface area (Å²) in [6.45, 7) is 4.08. The lowest BCUT2D eigenvalue weighted by atomic mass is 10.1. The molecule has 0 aliphatic heterocycles. The molecular formula is C7H13NO2. The summed E-state index contributed by atoms with van der Waals surface area (Å²) in [5.74, 6) is 0.389. The van der Waals surface area contributed by atoms with E-state index in [0.717, 1.165) is 12.8 Å². The van der Waals surface area contributed by atoms with Gasteiger partial charge in [0, 0.05) is 0 Å². The van der Waals surface area contributed by atoms with E-state index >= 15 is 0 Å². The molecule has 0 aromatic carbocycles. The first-order valence-electron chi connectivity index (χ1n) is 3.55. The van der Waals surface area contributed by atoms with Crippen LogP contribution in [0.4, 0.5) is 4.79 Å². The van der Waals surface area contributed by atoms with Gasteiger partial charge in [0.2, 0.25) is 0 Å². The highest BCUT2D eigenvalue weighted by Gasteiger charge is 2.49. The molecule has 0 aromatic heterocycles. The normalized spacial score (nSPS) is 20.7. The minimum absolute atomic E-state index is 0.203. The maximum atomic E-state index is 10.4. The first-order chi connectivity index (χ1) is 4.57. The summed E-state index contributed by atoms with van der Waals surface area (Å²) in [5.41, 5.74) is 4.69. The lowest BCUT2D eigenvalue weighted by molar-refractivity contribution is 0.0603. The quantitative estimate of drug-likeness (QED) is 0.632. The lowest BCUT2D eigenvalue weighted by Gasteiger charge is -2.18. The van der Waals surface area contributed by atoms with Gasteiger partial charge in [-0.2, -0.15) is 0 Å². The Morgan fingerprint density at radius 2 is 2.10 bits per heavy atom. The van der Waals surface area contributed by atoms with Gasteiger partial charge >= 0.3 is 6.09 Å². The molecular weight excluding hydrogens is 130 g/mol. The average molecular weight is 143 g/mol. The average Bonchev–Trinajstić information content (AvgIpc) is 2.46. The van der Waals surface area contributed by atoms with Gasteiger partial charge in [-0.05, 0) is 18.8 Å². The molecule has 0 heterocycles. The Kier molecular flexibility index (Phi) is 1.58. The summed E-state index contributed by atoms with van der Waals surface area (Å²) in [7, 11) is 0. The van der Waals surface area contributed by atoms with E-state index in [4.69, 9.17) is 10.5 Å². The molecule has 2 N–H and O–H groups in total. The second kappa shape index (κ2) is 2.15. The van der Waals surface area contributed by atoms with Crippen molar-refractivity contribution in [1.82, 2.24) is 0 Å². The summed E-state index contributed by atoms with van der Waals surface area (Å²) >= 11 is 0. The van der Waals surface area contributed by atoms with E-state index in [0.29, 0.717) is 5.92 Å². The maximum absolute atomic E-state index is 10.4. The molecule has 0 aromatic rings. The summed E-state index contributed by atoms with van der Waals surface area (Å²) in [4.78, 5) is 10.4. The molecule has 1 aliphatic rings. The van der Waals surface area contributed by atoms with Crippen molar-refractivity contribution in [2.75, 3.05) is 0 Å². The number of hydrogen-bond donors (Lipinski definition) is 1. The molecule has 0 atom stereocenters. The van der Waals surface area contributed by atoms with Crippen molar-refractivity contribution < 1.29 is 9.53 Å². The fraction of sp³-hybridized carbons (Fsp3) is 0.857. The van der Waals surface area contributed by atoms with E-state index in [1.807, 2.05) is 13.8 Å². The van der Waals surface area contributed by atoms with Crippen LogP contribution >= 0.6 is 0 Å². The van der Waals surface area contributed by atoms with Crippen molar-refractivity contribution in [3.05, 3.63) is 0 Å². The molecule has 10 heavy (non-hydrogen) atoms. The molecule has 0 bridgehead atoms. The number of carbonyl (C=O) groups is 1. The minimum atomic E-state index is -0.647. The zero-order chi connectivity index (χ0) is 7.78. The van der Waals surface area contributed by atoms with Crippen LogP contribution in [-0.2, 0) is 4.74 Å². The molecule has 1 saturated carbocycles. The van der Waals surface area contributed by atoms with Crippen molar-refractivity contribution in [2.24, 2.45) is 11.7 Å². The monoisotopic (exact) mass is 143 g/mol. The number of primary amides is 1. The number of nitrogens with two attached hydrogens (primary N) is 1. The minimum Gasteiger partial charge on any atom is -0.443 e. The van der Waals surface area contributed by atoms with Crippen LogP contribution in [0.2, 0.25) is 0 Å². The highest BCUT2D eigenvalue weighted by Crippen LogP contribution is 2.45. The number of carbonyl (C=O) groups excluding carboxylic acids is 1. The van der Waals surface area contributed by atoms with E-state index in [1.54, 1.807) is 0 Å². The van der Waals surface area contributed by atoms with E-state index in [1.165, 1.54) is 0 Å². The molecule has 0 unspecified atom stereocenters. The van der Waals surface area contributed by atoms with Gasteiger partial charge in [-0.15, -0.1) is 0 Å². The van der Waals surface area contributed by atoms with E-state index in [-0.39, 0.29) is 5.60 Å². The SMILES string of the molecule is CC(C)C1(OC(N)=O)CC1. The van der Waals surface area contributed by atoms with Gasteiger partial charge in [0.05, 0.1) is 0 Å². The third kappa shape index (κ3) is 1.23. The lowest BCUT2D eigenvalue weighted by Crippen LogP contribution is -2.28. The molecule has 3 nitrogen and oxygen atoms in total. The second-order valence-corrected chi connectivity index (χ2v) is 3.14. The highest BCUT2D eigenvalue weighted by molar-refractivity contribution is 5.65. The zero-order valence-electron chi connectivity index (χ0n) is 6.39. The van der Waals surface area contributed by atoms with Gasteiger partial charge in [0.15, 0.2) is 0 Å². The predicted octanol–water partition coefficient (Wildman–Crippen LogP) is 1.27. The molecule has 0 spiro atoms. The Hall–Kier alpha value is -0.730. The van der Waals surface area contributed by atoms with Crippen LogP contribution in [-0.4, -0.2) is 11.7 Å². The van der Waals surface area contributed by atoms with Crippen molar-refractivity contribution in [3.63, 3.8) is 0 Å². The Labute approximate surface area is 60.5 Å². The summed E-state index contributed by atoms with van der Waals surface area (Å²) < 4.78 is 4.95. The van der Waals surface area contributed by atoms with Crippen molar-refractivity contribution >= 4 is 6.09 Å². The van der Waals surface area contributed by atoms with Gasteiger partial charge in [-0.25, -0.2) is 4.79 Å². The molecule has 3 heteroatoms. The maximum Gasteiger partial charge on any atom is 0.405 e. The highest BCUT2D eigenvalue weighted by atomic mass is 16.6. The predicted molar refractivity (Wildman–Crippen MR) is 37.5 cm³/mol.